The Morgan fingerprint density at radius 1 is 0.923 bits per heavy atom. The SMILES string of the molecule is NC(=O)CC(NC(=O)C(Cc1cnc[nH]1)NC(=O)C(N)CO)C(=O)NC(Cc1c[nH]c2ccccc12)C(=O)O. The second-order valence-corrected chi connectivity index (χ2v) is 8.83. The van der Waals surface area contributed by atoms with Gasteiger partial charge in [-0.25, -0.2) is 9.78 Å². The maximum Gasteiger partial charge on any atom is 0.326 e. The van der Waals surface area contributed by atoms with Crippen molar-refractivity contribution < 1.29 is 34.2 Å². The number of carbonyl (C=O) groups is 5. The van der Waals surface area contributed by atoms with Crippen molar-refractivity contribution in [3.05, 3.63) is 54.2 Å². The highest BCUT2D eigenvalue weighted by atomic mass is 16.4. The molecule has 0 aliphatic carbocycles. The van der Waals surface area contributed by atoms with Crippen molar-refractivity contribution in [1.29, 1.82) is 0 Å². The molecule has 0 spiro atoms. The van der Waals surface area contributed by atoms with Gasteiger partial charge in [0.2, 0.25) is 23.6 Å². The number of aliphatic carboxylic acids is 1. The van der Waals surface area contributed by atoms with Gasteiger partial charge in [-0.1, -0.05) is 18.2 Å². The molecule has 39 heavy (non-hydrogen) atoms. The van der Waals surface area contributed by atoms with Crippen molar-refractivity contribution in [2.45, 2.75) is 43.4 Å². The summed E-state index contributed by atoms with van der Waals surface area (Å²) < 4.78 is 0. The van der Waals surface area contributed by atoms with Crippen molar-refractivity contribution in [3.8, 4) is 0 Å². The van der Waals surface area contributed by atoms with Gasteiger partial charge in [-0.05, 0) is 11.6 Å². The average Bonchev–Trinajstić information content (AvgIpc) is 3.56. The molecule has 3 rings (SSSR count). The average molecular weight is 543 g/mol. The molecule has 11 N–H and O–H groups in total. The van der Waals surface area contributed by atoms with Crippen LogP contribution in [0.5, 0.6) is 0 Å². The first kappa shape index (κ1) is 28.8. The standard InChI is InChI=1S/C24H30N8O7/c25-15(10-33)21(35)30-17(6-13-9-27-11-29-13)22(36)31-18(7-20(26)34)23(37)32-19(24(38)39)5-12-8-28-16-4-2-1-3-14(12)16/h1-4,8-9,11,15,17-19,28,33H,5-7,10,25H2,(H2,26,34)(H,27,29)(H,30,35)(H,31,36)(H,32,37)(H,38,39). The zero-order chi connectivity index (χ0) is 28.5. The van der Waals surface area contributed by atoms with Gasteiger partial charge in [0.05, 0.1) is 19.4 Å². The number of carbonyl (C=O) groups excluding carboxylic acids is 4. The molecule has 2 aromatic heterocycles. The van der Waals surface area contributed by atoms with Crippen LogP contribution in [-0.2, 0) is 36.8 Å². The molecule has 0 saturated heterocycles. The highest BCUT2D eigenvalue weighted by Crippen LogP contribution is 2.19. The first-order chi connectivity index (χ1) is 18.6. The first-order valence-corrected chi connectivity index (χ1v) is 11.9. The van der Waals surface area contributed by atoms with Crippen molar-refractivity contribution in [3.63, 3.8) is 0 Å². The van der Waals surface area contributed by atoms with Crippen molar-refractivity contribution in [2.24, 2.45) is 11.5 Å². The quantitative estimate of drug-likeness (QED) is 0.103. The van der Waals surface area contributed by atoms with E-state index in [1.165, 1.54) is 12.5 Å². The van der Waals surface area contributed by atoms with Crippen LogP contribution in [0.3, 0.4) is 0 Å². The number of aliphatic hydroxyl groups is 1. The van der Waals surface area contributed by atoms with Gasteiger partial charge in [-0.15, -0.1) is 0 Å². The van der Waals surface area contributed by atoms with E-state index < -0.39 is 66.8 Å². The molecule has 4 amide bonds. The molecule has 0 aliphatic heterocycles. The number of carboxylic acids is 1. The van der Waals surface area contributed by atoms with E-state index in [1.54, 1.807) is 18.3 Å². The van der Waals surface area contributed by atoms with Crippen LogP contribution >= 0.6 is 0 Å². The number of nitrogens with one attached hydrogen (secondary N) is 5. The van der Waals surface area contributed by atoms with Crippen LogP contribution in [0.25, 0.3) is 10.9 Å². The summed E-state index contributed by atoms with van der Waals surface area (Å²) in [6.45, 7) is -0.677. The number of aromatic nitrogens is 3. The third-order valence-corrected chi connectivity index (χ3v) is 5.90. The topological polar surface area (TPSA) is 258 Å². The maximum absolute atomic E-state index is 13.1. The minimum absolute atomic E-state index is 0.0835. The number of hydrogen-bond donors (Lipinski definition) is 9. The maximum atomic E-state index is 13.1. The smallest absolute Gasteiger partial charge is 0.326 e. The van der Waals surface area contributed by atoms with E-state index in [0.29, 0.717) is 11.3 Å². The van der Waals surface area contributed by atoms with Gasteiger partial charge in [0, 0.05) is 41.8 Å². The molecule has 15 heteroatoms. The zero-order valence-corrected chi connectivity index (χ0v) is 20.7. The van der Waals surface area contributed by atoms with Gasteiger partial charge in [-0.3, -0.25) is 19.2 Å². The lowest BCUT2D eigenvalue weighted by molar-refractivity contribution is -0.142. The van der Waals surface area contributed by atoms with Crippen LogP contribution in [0.1, 0.15) is 17.7 Å². The minimum atomic E-state index is -1.55. The van der Waals surface area contributed by atoms with Crippen LogP contribution in [0, 0.1) is 0 Å². The van der Waals surface area contributed by atoms with E-state index in [4.69, 9.17) is 16.6 Å². The molecule has 4 atom stereocenters. The van der Waals surface area contributed by atoms with Crippen molar-refractivity contribution >= 4 is 40.5 Å². The number of aliphatic hydroxyl groups excluding tert-OH is 1. The lowest BCUT2D eigenvalue weighted by Crippen LogP contribution is -2.58. The number of rotatable bonds is 14. The Kier molecular flexibility index (Phi) is 9.72. The Labute approximate surface area is 221 Å². The summed E-state index contributed by atoms with van der Waals surface area (Å²) in [6, 6.07) is 1.67. The number of primary amides is 1. The van der Waals surface area contributed by atoms with Crippen molar-refractivity contribution in [2.75, 3.05) is 6.61 Å². The van der Waals surface area contributed by atoms with Gasteiger partial charge in [0.15, 0.2) is 0 Å². The fourth-order valence-electron chi connectivity index (χ4n) is 3.86. The number of fused-ring (bicyclic) bond motifs is 1. The third-order valence-electron chi connectivity index (χ3n) is 5.90. The Hall–Kier alpha value is -4.76. The van der Waals surface area contributed by atoms with E-state index in [0.717, 1.165) is 10.9 Å². The fraction of sp³-hybridized carbons (Fsp3) is 0.333. The zero-order valence-electron chi connectivity index (χ0n) is 20.7. The number of nitrogens with two attached hydrogens (primary N) is 2. The van der Waals surface area contributed by atoms with Crippen LogP contribution in [0.2, 0.25) is 0 Å². The predicted octanol–water partition coefficient (Wildman–Crippen LogP) is -2.59. The Morgan fingerprint density at radius 2 is 1.59 bits per heavy atom. The monoisotopic (exact) mass is 542 g/mol. The molecule has 208 valence electrons. The number of H-pyrrole nitrogens is 2. The number of amides is 4. The molecule has 0 radical (unpaired) electrons. The predicted molar refractivity (Wildman–Crippen MR) is 137 cm³/mol. The van der Waals surface area contributed by atoms with Crippen LogP contribution < -0.4 is 27.4 Å². The van der Waals surface area contributed by atoms with Gasteiger partial charge < -0.3 is 47.6 Å². The Balaban J connectivity index is 1.76. The van der Waals surface area contributed by atoms with E-state index in [1.807, 2.05) is 12.1 Å². The molecule has 0 fully saturated rings. The fourth-order valence-corrected chi connectivity index (χ4v) is 3.86. The first-order valence-electron chi connectivity index (χ1n) is 11.9. The van der Waals surface area contributed by atoms with E-state index in [-0.39, 0.29) is 12.8 Å². The summed E-state index contributed by atoms with van der Waals surface area (Å²) in [5.74, 6) is -4.95. The van der Waals surface area contributed by atoms with E-state index >= 15 is 0 Å². The molecule has 0 saturated carbocycles. The summed E-state index contributed by atoms with van der Waals surface area (Å²) in [4.78, 5) is 71.8. The number of carboxylic acid groups (broad SMARTS) is 1. The molecular weight excluding hydrogens is 512 g/mol. The van der Waals surface area contributed by atoms with Gasteiger partial charge in [0.25, 0.3) is 0 Å². The van der Waals surface area contributed by atoms with E-state index in [2.05, 4.69) is 30.9 Å². The van der Waals surface area contributed by atoms with Gasteiger partial charge in [0.1, 0.15) is 24.2 Å². The molecule has 15 nitrogen and oxygen atoms in total. The van der Waals surface area contributed by atoms with Gasteiger partial charge >= 0.3 is 5.97 Å². The largest absolute Gasteiger partial charge is 0.480 e. The summed E-state index contributed by atoms with van der Waals surface area (Å²) in [5, 5.41) is 26.8. The molecular formula is C24H30N8O7. The highest BCUT2D eigenvalue weighted by molar-refractivity contribution is 5.96. The number of nitrogens with zero attached hydrogens (tertiary/aromatic N) is 1. The van der Waals surface area contributed by atoms with Crippen LogP contribution in [0.4, 0.5) is 0 Å². The molecule has 1 aromatic carbocycles. The van der Waals surface area contributed by atoms with Crippen molar-refractivity contribution in [1.82, 2.24) is 30.9 Å². The summed E-state index contributed by atoms with van der Waals surface area (Å²) in [5.41, 5.74) is 12.7. The van der Waals surface area contributed by atoms with Crippen LogP contribution in [-0.4, -0.2) is 85.5 Å². The number of hydrogen-bond acceptors (Lipinski definition) is 8. The number of benzene rings is 1. The second-order valence-electron chi connectivity index (χ2n) is 8.83. The summed E-state index contributed by atoms with van der Waals surface area (Å²) in [7, 11) is 0. The summed E-state index contributed by atoms with van der Waals surface area (Å²) in [6.07, 6.45) is 3.58. The Morgan fingerprint density at radius 3 is 2.23 bits per heavy atom. The lowest BCUT2D eigenvalue weighted by Gasteiger charge is -2.24. The lowest BCUT2D eigenvalue weighted by atomic mass is 10.0. The normalized spacial score (nSPS) is 14.1. The molecule has 0 aliphatic rings. The second kappa shape index (κ2) is 13.2. The van der Waals surface area contributed by atoms with Gasteiger partial charge in [-0.2, -0.15) is 0 Å². The molecule has 2 heterocycles. The highest BCUT2D eigenvalue weighted by Gasteiger charge is 2.32. The number of para-hydroxylation sites is 1. The van der Waals surface area contributed by atoms with E-state index in [9.17, 15) is 29.1 Å². The molecule has 4 unspecified atom stereocenters. The molecule has 0 bridgehead atoms. The Bertz CT molecular complexity index is 1320. The number of aromatic amines is 2. The number of imidazole rings is 1. The van der Waals surface area contributed by atoms with Crippen LogP contribution in [0.15, 0.2) is 43.0 Å². The third kappa shape index (κ3) is 7.86. The minimum Gasteiger partial charge on any atom is -0.480 e. The molecule has 3 aromatic rings. The summed E-state index contributed by atoms with van der Waals surface area (Å²) >= 11 is 0.